The van der Waals surface area contributed by atoms with Crippen molar-refractivity contribution in [1.29, 1.82) is 0 Å². The summed E-state index contributed by atoms with van der Waals surface area (Å²) >= 11 is 0. The lowest BCUT2D eigenvalue weighted by Crippen LogP contribution is -2.32. The third-order valence-electron chi connectivity index (χ3n) is 1.18. The molecular formula is C7H11N3. The van der Waals surface area contributed by atoms with Gasteiger partial charge in [0, 0.05) is 7.05 Å². The van der Waals surface area contributed by atoms with Gasteiger partial charge in [0.2, 0.25) is 0 Å². The molecule has 3 heteroatoms. The van der Waals surface area contributed by atoms with Gasteiger partial charge in [0.25, 0.3) is 0 Å². The summed E-state index contributed by atoms with van der Waals surface area (Å²) in [6.07, 6.45) is 3.70. The Kier molecular flexibility index (Phi) is 1.76. The Morgan fingerprint density at radius 2 is 2.50 bits per heavy atom. The molecule has 54 valence electrons. The molecule has 1 N–H and O–H groups in total. The molecule has 1 aliphatic heterocycles. The van der Waals surface area contributed by atoms with Crippen LogP contribution in [0.15, 0.2) is 29.5 Å². The van der Waals surface area contributed by atoms with Crippen LogP contribution in [0.1, 0.15) is 6.92 Å². The quantitative estimate of drug-likeness (QED) is 0.581. The van der Waals surface area contributed by atoms with Crippen molar-refractivity contribution in [2.45, 2.75) is 6.92 Å². The molecule has 0 fully saturated rings. The molecule has 0 amide bonds. The van der Waals surface area contributed by atoms with Crippen LogP contribution in [-0.2, 0) is 0 Å². The Hall–Kier alpha value is -1.25. The van der Waals surface area contributed by atoms with E-state index in [4.69, 9.17) is 0 Å². The molecule has 0 bridgehead atoms. The van der Waals surface area contributed by atoms with Crippen molar-refractivity contribution in [2.24, 2.45) is 5.10 Å². The van der Waals surface area contributed by atoms with Gasteiger partial charge in [0.15, 0.2) is 0 Å². The predicted octanol–water partition coefficient (Wildman–Crippen LogP) is 0.882. The van der Waals surface area contributed by atoms with Gasteiger partial charge in [-0.25, -0.2) is 5.12 Å². The minimum atomic E-state index is 0.981. The number of hydrazine groups is 1. The number of allylic oxidation sites excluding steroid dienone is 2. The molecule has 10 heavy (non-hydrogen) atoms. The first kappa shape index (κ1) is 6.86. The Bertz CT molecular complexity index is 203. The monoisotopic (exact) mass is 137 g/mol. The summed E-state index contributed by atoms with van der Waals surface area (Å²) in [5.74, 6) is 0. The summed E-state index contributed by atoms with van der Waals surface area (Å²) in [7, 11) is 1.85. The van der Waals surface area contributed by atoms with Crippen molar-refractivity contribution < 1.29 is 0 Å². The van der Waals surface area contributed by atoms with E-state index in [0.717, 1.165) is 11.4 Å². The third-order valence-corrected chi connectivity index (χ3v) is 1.18. The fraction of sp³-hybridized carbons (Fsp3) is 0.286. The molecule has 1 heterocycles. The van der Waals surface area contributed by atoms with Gasteiger partial charge < -0.3 is 0 Å². The minimum Gasteiger partial charge on any atom is -0.283 e. The molecule has 0 saturated carbocycles. The molecule has 0 aromatic heterocycles. The van der Waals surface area contributed by atoms with E-state index >= 15 is 0 Å². The first-order valence-electron chi connectivity index (χ1n) is 3.12. The lowest BCUT2D eigenvalue weighted by atomic mass is 10.3. The Labute approximate surface area is 60.7 Å². The van der Waals surface area contributed by atoms with E-state index in [-0.39, 0.29) is 0 Å². The van der Waals surface area contributed by atoms with Gasteiger partial charge in [0.05, 0.1) is 11.4 Å². The van der Waals surface area contributed by atoms with Crippen LogP contribution in [-0.4, -0.2) is 17.9 Å². The molecule has 1 aliphatic rings. The fourth-order valence-electron chi connectivity index (χ4n) is 0.839. The van der Waals surface area contributed by atoms with Crippen molar-refractivity contribution in [2.75, 3.05) is 7.05 Å². The molecule has 0 radical (unpaired) electrons. The fourth-order valence-corrected chi connectivity index (χ4v) is 0.839. The molecule has 3 nitrogen and oxygen atoms in total. The topological polar surface area (TPSA) is 27.6 Å². The average molecular weight is 137 g/mol. The maximum Gasteiger partial charge on any atom is 0.0615 e. The first-order valence-corrected chi connectivity index (χ1v) is 3.12. The van der Waals surface area contributed by atoms with E-state index in [1.165, 1.54) is 0 Å². The Morgan fingerprint density at radius 3 is 3.00 bits per heavy atom. The molecule has 1 rings (SSSR count). The zero-order chi connectivity index (χ0) is 7.56. The van der Waals surface area contributed by atoms with Crippen molar-refractivity contribution >= 4 is 5.71 Å². The Balaban J connectivity index is 2.79. The van der Waals surface area contributed by atoms with Crippen LogP contribution in [0.3, 0.4) is 0 Å². The summed E-state index contributed by atoms with van der Waals surface area (Å²) < 4.78 is 0. The molecule has 0 saturated heterocycles. The van der Waals surface area contributed by atoms with Gasteiger partial charge in [-0.05, 0) is 19.1 Å². The number of nitrogens with one attached hydrogen (secondary N) is 1. The number of hydrogen-bond acceptors (Lipinski definition) is 3. The van der Waals surface area contributed by atoms with Crippen LogP contribution in [0.2, 0.25) is 0 Å². The van der Waals surface area contributed by atoms with Crippen molar-refractivity contribution in [3.05, 3.63) is 24.4 Å². The number of hydrazone groups is 1. The van der Waals surface area contributed by atoms with E-state index in [2.05, 4.69) is 17.1 Å². The van der Waals surface area contributed by atoms with Crippen LogP contribution in [0.5, 0.6) is 0 Å². The molecule has 0 atom stereocenters. The van der Waals surface area contributed by atoms with Gasteiger partial charge in [-0.15, -0.1) is 0 Å². The maximum absolute atomic E-state index is 4.10. The highest BCUT2D eigenvalue weighted by Crippen LogP contribution is 1.99. The largest absolute Gasteiger partial charge is 0.283 e. The summed E-state index contributed by atoms with van der Waals surface area (Å²) in [5.41, 5.74) is 4.95. The highest BCUT2D eigenvalue weighted by Gasteiger charge is 2.01. The van der Waals surface area contributed by atoms with Crippen LogP contribution >= 0.6 is 0 Å². The van der Waals surface area contributed by atoms with Gasteiger partial charge in [-0.2, -0.15) is 5.10 Å². The molecular weight excluding hydrogens is 126 g/mol. The van der Waals surface area contributed by atoms with E-state index in [1.807, 2.05) is 20.0 Å². The lowest BCUT2D eigenvalue weighted by molar-refractivity contribution is 0.279. The maximum atomic E-state index is 4.10. The highest BCUT2D eigenvalue weighted by molar-refractivity contribution is 5.93. The molecule has 0 aromatic carbocycles. The highest BCUT2D eigenvalue weighted by atomic mass is 15.7. The van der Waals surface area contributed by atoms with Crippen molar-refractivity contribution in [3.8, 4) is 0 Å². The lowest BCUT2D eigenvalue weighted by Gasteiger charge is -2.20. The molecule has 0 unspecified atom stereocenters. The second-order valence-electron chi connectivity index (χ2n) is 2.18. The summed E-state index contributed by atoms with van der Waals surface area (Å²) in [6, 6.07) is 0. The summed E-state index contributed by atoms with van der Waals surface area (Å²) in [4.78, 5) is 0. The summed E-state index contributed by atoms with van der Waals surface area (Å²) in [6.45, 7) is 5.59. The second-order valence-corrected chi connectivity index (χ2v) is 2.18. The predicted molar refractivity (Wildman–Crippen MR) is 42.3 cm³/mol. The second kappa shape index (κ2) is 2.56. The normalized spacial score (nSPS) is 17.2. The zero-order valence-electron chi connectivity index (χ0n) is 6.26. The molecule has 0 aromatic rings. The summed E-state index contributed by atoms with van der Waals surface area (Å²) in [5, 5.41) is 5.75. The standard InChI is InChI=1S/C7H11N3/c1-4-7-5-6(2)8-10(3)9-7/h4-5,9H,1H2,2-3H3. The van der Waals surface area contributed by atoms with E-state index < -0.39 is 0 Å². The molecule has 0 aliphatic carbocycles. The van der Waals surface area contributed by atoms with Crippen molar-refractivity contribution in [3.63, 3.8) is 0 Å². The van der Waals surface area contributed by atoms with Crippen LogP contribution < -0.4 is 5.43 Å². The number of nitrogens with zero attached hydrogens (tertiary/aromatic N) is 2. The minimum absolute atomic E-state index is 0.981. The van der Waals surface area contributed by atoms with Gasteiger partial charge >= 0.3 is 0 Å². The first-order chi connectivity index (χ1) is 4.72. The number of rotatable bonds is 1. The average Bonchev–Trinajstić information content (AvgIpc) is 1.85. The third kappa shape index (κ3) is 1.37. The van der Waals surface area contributed by atoms with Gasteiger partial charge in [-0.1, -0.05) is 6.58 Å². The van der Waals surface area contributed by atoms with Gasteiger partial charge in [-0.3, -0.25) is 5.43 Å². The zero-order valence-corrected chi connectivity index (χ0v) is 6.26. The molecule has 0 spiro atoms. The van der Waals surface area contributed by atoms with Crippen LogP contribution in [0.25, 0.3) is 0 Å². The van der Waals surface area contributed by atoms with E-state index in [9.17, 15) is 0 Å². The van der Waals surface area contributed by atoms with E-state index in [1.54, 1.807) is 11.2 Å². The Morgan fingerprint density at radius 1 is 1.80 bits per heavy atom. The number of hydrogen-bond donors (Lipinski definition) is 1. The van der Waals surface area contributed by atoms with Crippen LogP contribution in [0.4, 0.5) is 0 Å². The smallest absolute Gasteiger partial charge is 0.0615 e. The SMILES string of the molecule is C=CC1=CC(C)=NN(C)N1. The van der Waals surface area contributed by atoms with E-state index in [0.29, 0.717) is 0 Å². The van der Waals surface area contributed by atoms with Crippen molar-refractivity contribution in [1.82, 2.24) is 10.5 Å². The van der Waals surface area contributed by atoms with Crippen LogP contribution in [0, 0.1) is 0 Å². The van der Waals surface area contributed by atoms with Gasteiger partial charge in [0.1, 0.15) is 0 Å².